The molecule has 1 rings (SSSR count). The molecule has 8 heteroatoms. The Balaban J connectivity index is 3.17. The van der Waals surface area contributed by atoms with Gasteiger partial charge in [0.2, 0.25) is 10.9 Å². The first-order chi connectivity index (χ1) is 8.13. The summed E-state index contributed by atoms with van der Waals surface area (Å²) in [5, 5.41) is 17.3. The maximum Gasteiger partial charge on any atom is 0.371 e. The number of carboxylic acid groups (broad SMARTS) is 1. The second kappa shape index (κ2) is 4.71. The smallest absolute Gasteiger partial charge is 0.371 e. The normalized spacial score (nSPS) is 12.9. The van der Waals surface area contributed by atoms with E-state index in [0.29, 0.717) is 0 Å². The number of likely N-dealkylation sites (N-methyl/N-ethyl adjacent to an activating group) is 1. The number of hydrogen-bond acceptors (Lipinski definition) is 5. The van der Waals surface area contributed by atoms with E-state index in [1.165, 1.54) is 20.9 Å². The molecule has 0 amide bonds. The molecule has 1 heterocycles. The van der Waals surface area contributed by atoms with Crippen LogP contribution in [0.2, 0.25) is 0 Å². The van der Waals surface area contributed by atoms with Gasteiger partial charge in [-0.3, -0.25) is 0 Å². The predicted molar refractivity (Wildman–Crippen MR) is 61.8 cm³/mol. The van der Waals surface area contributed by atoms with Crippen LogP contribution in [0.15, 0.2) is 21.6 Å². The molecular formula is C10H15NO6S. The molecule has 0 atom stereocenters. The molecule has 0 fully saturated rings. The number of sulfonamides is 1. The molecule has 0 aliphatic carbocycles. The summed E-state index contributed by atoms with van der Waals surface area (Å²) in [5.41, 5.74) is -1.02. The van der Waals surface area contributed by atoms with Crippen molar-refractivity contribution >= 4 is 16.0 Å². The number of aliphatic hydroxyl groups is 1. The molecule has 0 aromatic carbocycles. The van der Waals surface area contributed by atoms with E-state index < -0.39 is 32.4 Å². The van der Waals surface area contributed by atoms with Crippen LogP contribution in [-0.2, 0) is 10.0 Å². The molecule has 102 valence electrons. The second-order valence-corrected chi connectivity index (χ2v) is 6.27. The lowest BCUT2D eigenvalue weighted by atomic mass is 10.1. The Kier molecular flexibility index (Phi) is 3.84. The molecular weight excluding hydrogens is 262 g/mol. The van der Waals surface area contributed by atoms with Gasteiger partial charge in [0.1, 0.15) is 0 Å². The van der Waals surface area contributed by atoms with Gasteiger partial charge >= 0.3 is 5.97 Å². The summed E-state index contributed by atoms with van der Waals surface area (Å²) in [6.07, 6.45) is 0. The van der Waals surface area contributed by atoms with E-state index in [2.05, 4.69) is 0 Å². The monoisotopic (exact) mass is 277 g/mol. The highest BCUT2D eigenvalue weighted by atomic mass is 32.2. The topological polar surface area (TPSA) is 108 Å². The van der Waals surface area contributed by atoms with Gasteiger partial charge in [-0.1, -0.05) is 0 Å². The van der Waals surface area contributed by atoms with Crippen LogP contribution in [0.25, 0.3) is 0 Å². The Morgan fingerprint density at radius 2 is 2.00 bits per heavy atom. The van der Waals surface area contributed by atoms with Gasteiger partial charge in [-0.25, -0.2) is 13.2 Å². The third-order valence-electron chi connectivity index (χ3n) is 2.65. The van der Waals surface area contributed by atoms with Crippen LogP contribution in [0.4, 0.5) is 0 Å². The number of rotatable bonds is 5. The lowest BCUT2D eigenvalue weighted by molar-refractivity contribution is 0.0655. The van der Waals surface area contributed by atoms with Gasteiger partial charge < -0.3 is 14.6 Å². The van der Waals surface area contributed by atoms with E-state index in [-0.39, 0.29) is 6.61 Å². The minimum atomic E-state index is -3.98. The van der Waals surface area contributed by atoms with Crippen LogP contribution in [0.3, 0.4) is 0 Å². The summed E-state index contributed by atoms with van der Waals surface area (Å²) in [6, 6.07) is 2.14. The first kappa shape index (κ1) is 14.7. The van der Waals surface area contributed by atoms with E-state index in [4.69, 9.17) is 14.6 Å². The number of furan rings is 1. The van der Waals surface area contributed by atoms with Crippen molar-refractivity contribution in [3.05, 3.63) is 17.9 Å². The molecule has 2 N–H and O–H groups in total. The Labute approximate surface area is 105 Å². The van der Waals surface area contributed by atoms with E-state index in [9.17, 15) is 13.2 Å². The van der Waals surface area contributed by atoms with E-state index >= 15 is 0 Å². The fourth-order valence-corrected chi connectivity index (χ4v) is 2.55. The van der Waals surface area contributed by atoms with Crippen molar-refractivity contribution in [2.45, 2.75) is 24.5 Å². The first-order valence-electron chi connectivity index (χ1n) is 5.06. The molecule has 7 nitrogen and oxygen atoms in total. The van der Waals surface area contributed by atoms with Crippen molar-refractivity contribution in [3.63, 3.8) is 0 Å². The maximum absolute atomic E-state index is 12.1. The van der Waals surface area contributed by atoms with E-state index in [0.717, 1.165) is 16.4 Å². The minimum absolute atomic E-state index is 0.380. The Hall–Kier alpha value is -1.38. The molecule has 0 aliphatic heterocycles. The molecule has 0 saturated heterocycles. The lowest BCUT2D eigenvalue weighted by Crippen LogP contribution is -2.47. The van der Waals surface area contributed by atoms with Crippen molar-refractivity contribution in [1.82, 2.24) is 4.31 Å². The number of hydrogen-bond donors (Lipinski definition) is 2. The number of nitrogens with zero attached hydrogens (tertiary/aromatic N) is 1. The van der Waals surface area contributed by atoms with Gasteiger partial charge in [-0.05, 0) is 26.0 Å². The van der Waals surface area contributed by atoms with Crippen LogP contribution in [0.5, 0.6) is 0 Å². The Bertz CT molecular complexity index is 544. The highest BCUT2D eigenvalue weighted by Gasteiger charge is 2.35. The van der Waals surface area contributed by atoms with Gasteiger partial charge in [-0.15, -0.1) is 0 Å². The highest BCUT2D eigenvalue weighted by Crippen LogP contribution is 2.24. The predicted octanol–water partition coefficient (Wildman–Crippen LogP) is 0.369. The molecule has 0 spiro atoms. The molecule has 0 saturated carbocycles. The zero-order valence-corrected chi connectivity index (χ0v) is 11.1. The summed E-state index contributed by atoms with van der Waals surface area (Å²) in [6.45, 7) is 2.69. The van der Waals surface area contributed by atoms with Crippen LogP contribution >= 0.6 is 0 Å². The molecule has 18 heavy (non-hydrogen) atoms. The fourth-order valence-electron chi connectivity index (χ4n) is 1.13. The van der Waals surface area contributed by atoms with Crippen molar-refractivity contribution in [2.24, 2.45) is 0 Å². The molecule has 0 radical (unpaired) electrons. The van der Waals surface area contributed by atoms with Crippen LogP contribution in [0, 0.1) is 0 Å². The average molecular weight is 277 g/mol. The number of carbonyl (C=O) groups is 1. The largest absolute Gasteiger partial charge is 0.475 e. The number of carboxylic acids is 1. The molecule has 0 unspecified atom stereocenters. The zero-order chi connectivity index (χ0) is 14.1. The standard InChI is InChI=1S/C10H15NO6S/c1-10(2,6-12)11(3)18(15,16)8-5-4-7(17-8)9(13)14/h4-5,12H,6H2,1-3H3,(H,13,14). The highest BCUT2D eigenvalue weighted by molar-refractivity contribution is 7.89. The second-order valence-electron chi connectivity index (χ2n) is 4.37. The summed E-state index contributed by atoms with van der Waals surface area (Å²) in [7, 11) is -2.69. The SMILES string of the molecule is CN(C(C)(C)CO)S(=O)(=O)c1ccc(C(=O)O)o1. The van der Waals surface area contributed by atoms with E-state index in [1.54, 1.807) is 0 Å². The fraction of sp³-hybridized carbons (Fsp3) is 0.500. The van der Waals surface area contributed by atoms with Gasteiger partial charge in [0, 0.05) is 7.05 Å². The van der Waals surface area contributed by atoms with Crippen molar-refractivity contribution in [3.8, 4) is 0 Å². The van der Waals surface area contributed by atoms with Crippen LogP contribution < -0.4 is 0 Å². The summed E-state index contributed by atoms with van der Waals surface area (Å²) in [5.74, 6) is -1.80. The maximum atomic E-state index is 12.1. The quantitative estimate of drug-likeness (QED) is 0.805. The van der Waals surface area contributed by atoms with Crippen molar-refractivity contribution < 1.29 is 27.8 Å². The third-order valence-corrected chi connectivity index (χ3v) is 4.59. The van der Waals surface area contributed by atoms with Gasteiger partial charge in [0.05, 0.1) is 12.1 Å². The van der Waals surface area contributed by atoms with E-state index in [1.807, 2.05) is 0 Å². The molecule has 1 aromatic heterocycles. The molecule has 0 aliphatic rings. The molecule has 0 bridgehead atoms. The van der Waals surface area contributed by atoms with Crippen LogP contribution in [0.1, 0.15) is 24.4 Å². The van der Waals surface area contributed by atoms with Crippen molar-refractivity contribution in [2.75, 3.05) is 13.7 Å². The summed E-state index contributed by atoms with van der Waals surface area (Å²) in [4.78, 5) is 10.6. The minimum Gasteiger partial charge on any atom is -0.475 e. The Morgan fingerprint density at radius 3 is 2.39 bits per heavy atom. The molecule has 1 aromatic rings. The third kappa shape index (κ3) is 2.55. The van der Waals surface area contributed by atoms with Crippen molar-refractivity contribution in [1.29, 1.82) is 0 Å². The number of aromatic carboxylic acids is 1. The first-order valence-corrected chi connectivity index (χ1v) is 6.50. The Morgan fingerprint density at radius 1 is 1.44 bits per heavy atom. The van der Waals surface area contributed by atoms with Gasteiger partial charge in [0.15, 0.2) is 0 Å². The van der Waals surface area contributed by atoms with Crippen LogP contribution in [-0.4, -0.2) is 48.1 Å². The lowest BCUT2D eigenvalue weighted by Gasteiger charge is -2.31. The zero-order valence-electron chi connectivity index (χ0n) is 10.2. The average Bonchev–Trinajstić information content (AvgIpc) is 2.77. The summed E-state index contributed by atoms with van der Waals surface area (Å²) < 4.78 is 29.9. The summed E-state index contributed by atoms with van der Waals surface area (Å²) >= 11 is 0. The van der Waals surface area contributed by atoms with Gasteiger partial charge in [-0.2, -0.15) is 4.31 Å². The number of aliphatic hydroxyl groups excluding tert-OH is 1. The van der Waals surface area contributed by atoms with Gasteiger partial charge in [0.25, 0.3) is 10.0 Å².